The van der Waals surface area contributed by atoms with Crippen LogP contribution in [-0.2, 0) is 14.3 Å². The number of anilines is 2. The molecule has 0 spiro atoms. The normalized spacial score (nSPS) is 10.8. The lowest BCUT2D eigenvalue weighted by Crippen LogP contribution is -2.47. The molecule has 0 unspecified atom stereocenters. The highest BCUT2D eigenvalue weighted by atomic mass is 16.5. The minimum Gasteiger partial charge on any atom is -0.493 e. The minimum atomic E-state index is -1.48. The van der Waals surface area contributed by atoms with Gasteiger partial charge in [-0.1, -0.05) is 30.3 Å². The number of ether oxygens (including phenoxy) is 3. The maximum absolute atomic E-state index is 14.1. The summed E-state index contributed by atoms with van der Waals surface area (Å²) in [7, 11) is 1.48. The highest BCUT2D eigenvalue weighted by molar-refractivity contribution is 6.07. The van der Waals surface area contributed by atoms with Crippen molar-refractivity contribution in [3.63, 3.8) is 0 Å². The number of esters is 1. The van der Waals surface area contributed by atoms with E-state index in [0.29, 0.717) is 22.7 Å². The van der Waals surface area contributed by atoms with Gasteiger partial charge in [0.05, 0.1) is 36.2 Å². The van der Waals surface area contributed by atoms with E-state index in [-0.39, 0.29) is 23.5 Å². The molecule has 192 valence electrons. The van der Waals surface area contributed by atoms with Gasteiger partial charge in [0.15, 0.2) is 17.1 Å². The standard InChI is InChI=1S/C30H27N3O5/c1-5-37-28(34)17-15-21-14-16-26(36-4)27(18-21)38-30(2,3)29(35)33(24-12-8-6-10-22(24)19-31)25-13-9-7-11-23(25)20-32/h6-18H,5H2,1-4H3/b17-15+. The Morgan fingerprint density at radius 1 is 0.921 bits per heavy atom. The number of nitrogens with zero attached hydrogens (tertiary/aromatic N) is 3. The fourth-order valence-electron chi connectivity index (χ4n) is 3.69. The number of para-hydroxylation sites is 2. The second kappa shape index (κ2) is 12.2. The maximum Gasteiger partial charge on any atom is 0.330 e. The Bertz CT molecular complexity index is 1390. The van der Waals surface area contributed by atoms with E-state index in [4.69, 9.17) is 14.2 Å². The van der Waals surface area contributed by atoms with Crippen LogP contribution in [0.15, 0.2) is 72.8 Å². The first-order valence-electron chi connectivity index (χ1n) is 11.8. The Hall–Kier alpha value is -5.08. The molecule has 0 bridgehead atoms. The zero-order valence-electron chi connectivity index (χ0n) is 21.6. The zero-order valence-corrected chi connectivity index (χ0v) is 21.6. The summed E-state index contributed by atoms with van der Waals surface area (Å²) in [6.07, 6.45) is 2.86. The molecule has 0 aromatic heterocycles. The third-order valence-electron chi connectivity index (χ3n) is 5.50. The van der Waals surface area contributed by atoms with Crippen LogP contribution in [-0.4, -0.2) is 31.2 Å². The molecule has 1 amide bonds. The van der Waals surface area contributed by atoms with Crippen LogP contribution < -0.4 is 14.4 Å². The third-order valence-corrected chi connectivity index (χ3v) is 5.50. The second-order valence-electron chi connectivity index (χ2n) is 8.51. The van der Waals surface area contributed by atoms with Gasteiger partial charge < -0.3 is 14.2 Å². The van der Waals surface area contributed by atoms with Crippen molar-refractivity contribution in [2.24, 2.45) is 0 Å². The van der Waals surface area contributed by atoms with E-state index in [2.05, 4.69) is 12.1 Å². The van der Waals surface area contributed by atoms with Crippen LogP contribution in [0, 0.1) is 22.7 Å². The molecular weight excluding hydrogens is 482 g/mol. The molecule has 0 aliphatic rings. The molecule has 0 fully saturated rings. The van der Waals surface area contributed by atoms with Gasteiger partial charge >= 0.3 is 5.97 Å². The van der Waals surface area contributed by atoms with Crippen molar-refractivity contribution in [1.82, 2.24) is 0 Å². The molecule has 0 heterocycles. The van der Waals surface area contributed by atoms with Gasteiger partial charge in [-0.3, -0.25) is 9.69 Å². The third kappa shape index (κ3) is 6.18. The van der Waals surface area contributed by atoms with Crippen LogP contribution >= 0.6 is 0 Å². The highest BCUT2D eigenvalue weighted by Gasteiger charge is 2.38. The van der Waals surface area contributed by atoms with Gasteiger partial charge in [-0.2, -0.15) is 10.5 Å². The van der Waals surface area contributed by atoms with Crippen molar-refractivity contribution in [3.8, 4) is 23.6 Å². The molecule has 38 heavy (non-hydrogen) atoms. The number of amides is 1. The lowest BCUT2D eigenvalue weighted by Gasteiger charge is -2.33. The molecular formula is C30H27N3O5. The second-order valence-corrected chi connectivity index (χ2v) is 8.51. The molecule has 0 aliphatic carbocycles. The van der Waals surface area contributed by atoms with Crippen LogP contribution in [0.5, 0.6) is 11.5 Å². The van der Waals surface area contributed by atoms with Crippen LogP contribution in [0.2, 0.25) is 0 Å². The monoisotopic (exact) mass is 509 g/mol. The van der Waals surface area contributed by atoms with Gasteiger partial charge in [0.25, 0.3) is 5.91 Å². The number of benzene rings is 3. The van der Waals surface area contributed by atoms with Gasteiger partial charge in [-0.05, 0) is 68.8 Å². The van der Waals surface area contributed by atoms with E-state index >= 15 is 0 Å². The van der Waals surface area contributed by atoms with Gasteiger partial charge in [0.2, 0.25) is 0 Å². The summed E-state index contributed by atoms with van der Waals surface area (Å²) in [4.78, 5) is 27.2. The predicted molar refractivity (Wildman–Crippen MR) is 143 cm³/mol. The van der Waals surface area contributed by atoms with Gasteiger partial charge in [-0.15, -0.1) is 0 Å². The number of rotatable bonds is 9. The number of carbonyl (C=O) groups excluding carboxylic acids is 2. The van der Waals surface area contributed by atoms with E-state index in [1.54, 1.807) is 93.6 Å². The van der Waals surface area contributed by atoms with Crippen LogP contribution in [0.3, 0.4) is 0 Å². The maximum atomic E-state index is 14.1. The van der Waals surface area contributed by atoms with Crippen molar-refractivity contribution in [2.45, 2.75) is 26.4 Å². The van der Waals surface area contributed by atoms with Gasteiger partial charge in [-0.25, -0.2) is 4.79 Å². The number of methoxy groups -OCH3 is 1. The lowest BCUT2D eigenvalue weighted by molar-refractivity contribution is -0.137. The molecule has 3 aromatic carbocycles. The minimum absolute atomic E-state index is 0.257. The topological polar surface area (TPSA) is 113 Å². The molecule has 3 rings (SSSR count). The Morgan fingerprint density at radius 2 is 1.50 bits per heavy atom. The summed E-state index contributed by atoms with van der Waals surface area (Å²) < 4.78 is 16.6. The van der Waals surface area contributed by atoms with Gasteiger partial charge in [0.1, 0.15) is 12.1 Å². The Morgan fingerprint density at radius 3 is 2.03 bits per heavy atom. The quantitative estimate of drug-likeness (QED) is 0.275. The molecule has 0 radical (unpaired) electrons. The first-order valence-corrected chi connectivity index (χ1v) is 11.8. The SMILES string of the molecule is CCOC(=O)/C=C/c1ccc(OC)c(OC(C)(C)C(=O)N(c2ccccc2C#N)c2ccccc2C#N)c1. The molecule has 8 heteroatoms. The summed E-state index contributed by atoms with van der Waals surface area (Å²) in [6.45, 7) is 5.16. The molecule has 0 aliphatic heterocycles. The molecule has 0 atom stereocenters. The largest absolute Gasteiger partial charge is 0.493 e. The van der Waals surface area contributed by atoms with Crippen LogP contribution in [0.25, 0.3) is 6.08 Å². The van der Waals surface area contributed by atoms with Crippen molar-refractivity contribution in [1.29, 1.82) is 10.5 Å². The summed E-state index contributed by atoms with van der Waals surface area (Å²) in [5, 5.41) is 19.5. The Kier molecular flexibility index (Phi) is 8.86. The summed E-state index contributed by atoms with van der Waals surface area (Å²) in [5.74, 6) is -0.360. The van der Waals surface area contributed by atoms with Crippen molar-refractivity contribution in [2.75, 3.05) is 18.6 Å². The number of hydrogen-bond donors (Lipinski definition) is 0. The highest BCUT2D eigenvalue weighted by Crippen LogP contribution is 2.37. The molecule has 8 nitrogen and oxygen atoms in total. The predicted octanol–water partition coefficient (Wildman–Crippen LogP) is 5.54. The van der Waals surface area contributed by atoms with E-state index in [0.717, 1.165) is 0 Å². The number of carbonyl (C=O) groups is 2. The van der Waals surface area contributed by atoms with Crippen molar-refractivity contribution >= 4 is 29.3 Å². The Balaban J connectivity index is 2.07. The van der Waals surface area contributed by atoms with Gasteiger partial charge in [0, 0.05) is 6.08 Å². The molecule has 0 N–H and O–H groups in total. The molecule has 0 saturated carbocycles. The van der Waals surface area contributed by atoms with E-state index in [9.17, 15) is 20.1 Å². The fourth-order valence-corrected chi connectivity index (χ4v) is 3.69. The summed E-state index contributed by atoms with van der Waals surface area (Å²) in [5.41, 5.74) is 0.289. The molecule has 3 aromatic rings. The van der Waals surface area contributed by atoms with Crippen LogP contribution in [0.1, 0.15) is 37.5 Å². The molecule has 0 saturated heterocycles. The van der Waals surface area contributed by atoms with Crippen molar-refractivity contribution < 1.29 is 23.8 Å². The van der Waals surface area contributed by atoms with E-state index in [1.807, 2.05) is 0 Å². The number of hydrogen-bond acceptors (Lipinski definition) is 7. The number of nitriles is 2. The average Bonchev–Trinajstić information content (AvgIpc) is 2.92. The van der Waals surface area contributed by atoms with E-state index in [1.165, 1.54) is 18.1 Å². The zero-order chi connectivity index (χ0) is 27.7. The van der Waals surface area contributed by atoms with E-state index < -0.39 is 17.5 Å². The van der Waals surface area contributed by atoms with Crippen molar-refractivity contribution in [3.05, 3.63) is 89.5 Å². The summed E-state index contributed by atoms with van der Waals surface area (Å²) >= 11 is 0. The van der Waals surface area contributed by atoms with Crippen LogP contribution in [0.4, 0.5) is 11.4 Å². The first kappa shape index (κ1) is 27.5. The first-order chi connectivity index (χ1) is 18.2. The fraction of sp³-hybridized carbons (Fsp3) is 0.200. The summed E-state index contributed by atoms with van der Waals surface area (Å²) in [6, 6.07) is 22.6. The smallest absolute Gasteiger partial charge is 0.330 e. The Labute approximate surface area is 221 Å². The lowest BCUT2D eigenvalue weighted by atomic mass is 10.0. The average molecular weight is 510 g/mol.